The van der Waals surface area contributed by atoms with E-state index >= 15 is 0 Å². The van der Waals surface area contributed by atoms with Crippen LogP contribution in [-0.2, 0) is 24.3 Å². The highest BCUT2D eigenvalue weighted by atomic mass is 16.5. The van der Waals surface area contributed by atoms with Gasteiger partial charge in [0.25, 0.3) is 5.56 Å². The van der Waals surface area contributed by atoms with Gasteiger partial charge in [-0.05, 0) is 33.1 Å². The quantitative estimate of drug-likeness (QED) is 0.791. The molecule has 134 valence electrons. The highest BCUT2D eigenvalue weighted by Crippen LogP contribution is 2.27. The van der Waals surface area contributed by atoms with E-state index in [9.17, 15) is 9.59 Å². The van der Waals surface area contributed by atoms with Crippen LogP contribution in [0.3, 0.4) is 0 Å². The fourth-order valence-corrected chi connectivity index (χ4v) is 3.21. The summed E-state index contributed by atoms with van der Waals surface area (Å²) in [5, 5.41) is 3.89. The van der Waals surface area contributed by atoms with Gasteiger partial charge in [0.2, 0.25) is 0 Å². The first kappa shape index (κ1) is 17.3. The molecule has 25 heavy (non-hydrogen) atoms. The number of hydrogen-bond donors (Lipinski definition) is 0. The number of esters is 1. The predicted octanol–water partition coefficient (Wildman–Crippen LogP) is 2.55. The number of nitrogens with zero attached hydrogens (tertiary/aromatic N) is 2. The van der Waals surface area contributed by atoms with Crippen LogP contribution in [0.15, 0.2) is 15.4 Å². The molecule has 7 nitrogen and oxygen atoms in total. The predicted molar refractivity (Wildman–Crippen MR) is 89.9 cm³/mol. The maximum atomic E-state index is 12.5. The summed E-state index contributed by atoms with van der Waals surface area (Å²) >= 11 is 0. The van der Waals surface area contributed by atoms with E-state index in [1.165, 1.54) is 13.2 Å². The number of hydrogen-bond acceptors (Lipinski definition) is 6. The average Bonchev–Trinajstić information content (AvgIpc) is 2.79. The zero-order chi connectivity index (χ0) is 18.0. The number of pyridine rings is 1. The van der Waals surface area contributed by atoms with Crippen LogP contribution in [0.5, 0.6) is 5.75 Å². The highest BCUT2D eigenvalue weighted by Gasteiger charge is 2.25. The molecule has 0 saturated carbocycles. The molecule has 2 aromatic heterocycles. The molecule has 3 heterocycles. The largest absolute Gasteiger partial charge is 0.488 e. The fraction of sp³-hybridized carbons (Fsp3) is 0.500. The summed E-state index contributed by atoms with van der Waals surface area (Å²) in [5.41, 5.74) is 2.43. The van der Waals surface area contributed by atoms with E-state index in [4.69, 9.17) is 14.0 Å². The van der Waals surface area contributed by atoms with Gasteiger partial charge < -0.3 is 18.6 Å². The SMILES string of the molecule is COC(=O)c1c(OCc2c(C)noc2C)cc(=O)n2c1CCCCC2. The standard InChI is InChI=1S/C18H22N2O5/c1-11-13(12(2)25-19-11)10-24-15-9-16(21)20-8-6-4-5-7-14(20)17(15)18(22)23-3/h9H,4-8,10H2,1-3H3. The van der Waals surface area contributed by atoms with Crippen LogP contribution in [0.4, 0.5) is 0 Å². The molecule has 0 unspecified atom stereocenters. The second kappa shape index (κ2) is 7.13. The molecule has 0 radical (unpaired) electrons. The molecule has 0 aromatic carbocycles. The molecule has 0 atom stereocenters. The number of carbonyl (C=O) groups excluding carboxylic acids is 1. The Balaban J connectivity index is 2.03. The van der Waals surface area contributed by atoms with Gasteiger partial charge in [-0.3, -0.25) is 4.79 Å². The van der Waals surface area contributed by atoms with Crippen LogP contribution in [0.25, 0.3) is 0 Å². The molecule has 1 aliphatic heterocycles. The first-order valence-corrected chi connectivity index (χ1v) is 8.42. The third-order valence-electron chi connectivity index (χ3n) is 4.62. The summed E-state index contributed by atoms with van der Waals surface area (Å²) in [6.07, 6.45) is 3.53. The van der Waals surface area contributed by atoms with Crippen molar-refractivity contribution in [3.05, 3.63) is 44.7 Å². The van der Waals surface area contributed by atoms with Crippen LogP contribution in [0, 0.1) is 13.8 Å². The Morgan fingerprint density at radius 3 is 2.80 bits per heavy atom. The second-order valence-electron chi connectivity index (χ2n) is 6.21. The number of ether oxygens (including phenoxy) is 2. The third-order valence-corrected chi connectivity index (χ3v) is 4.62. The van der Waals surface area contributed by atoms with E-state index in [2.05, 4.69) is 5.16 Å². The molecule has 2 aromatic rings. The number of aromatic nitrogens is 2. The van der Waals surface area contributed by atoms with Crippen molar-refractivity contribution in [1.82, 2.24) is 9.72 Å². The van der Waals surface area contributed by atoms with Crippen molar-refractivity contribution in [1.29, 1.82) is 0 Å². The maximum Gasteiger partial charge on any atom is 0.343 e. The highest BCUT2D eigenvalue weighted by molar-refractivity contribution is 5.93. The van der Waals surface area contributed by atoms with E-state index in [1.807, 2.05) is 6.92 Å². The monoisotopic (exact) mass is 346 g/mol. The average molecular weight is 346 g/mol. The zero-order valence-electron chi connectivity index (χ0n) is 14.8. The number of methoxy groups -OCH3 is 1. The molecular formula is C18H22N2O5. The molecule has 1 aliphatic rings. The van der Waals surface area contributed by atoms with Crippen molar-refractivity contribution in [3.63, 3.8) is 0 Å². The van der Waals surface area contributed by atoms with Crippen LogP contribution in [0.2, 0.25) is 0 Å². The molecular weight excluding hydrogens is 324 g/mol. The van der Waals surface area contributed by atoms with Crippen molar-refractivity contribution >= 4 is 5.97 Å². The number of aryl methyl sites for hydroxylation is 2. The van der Waals surface area contributed by atoms with Crippen molar-refractivity contribution in [2.45, 2.75) is 52.7 Å². The molecule has 3 rings (SSSR count). The minimum atomic E-state index is -0.487. The van der Waals surface area contributed by atoms with Gasteiger partial charge in [-0.2, -0.15) is 0 Å². The first-order chi connectivity index (χ1) is 12.0. The zero-order valence-corrected chi connectivity index (χ0v) is 14.8. The van der Waals surface area contributed by atoms with Gasteiger partial charge in [-0.25, -0.2) is 4.79 Å². The van der Waals surface area contributed by atoms with Crippen molar-refractivity contribution in [2.24, 2.45) is 0 Å². The lowest BCUT2D eigenvalue weighted by atomic mass is 10.1. The van der Waals surface area contributed by atoms with Gasteiger partial charge in [0, 0.05) is 18.3 Å². The molecule has 7 heteroatoms. The third kappa shape index (κ3) is 3.31. The molecule has 0 spiro atoms. The normalized spacial score (nSPS) is 13.9. The summed E-state index contributed by atoms with van der Waals surface area (Å²) in [5.74, 6) is 0.424. The van der Waals surface area contributed by atoms with Crippen LogP contribution >= 0.6 is 0 Å². The molecule has 0 aliphatic carbocycles. The van der Waals surface area contributed by atoms with E-state index in [1.54, 1.807) is 11.5 Å². The fourth-order valence-electron chi connectivity index (χ4n) is 3.21. The second-order valence-corrected chi connectivity index (χ2v) is 6.21. The molecule has 0 amide bonds. The number of rotatable bonds is 4. The van der Waals surface area contributed by atoms with E-state index in [0.29, 0.717) is 30.0 Å². The summed E-state index contributed by atoms with van der Waals surface area (Å²) in [6, 6.07) is 1.37. The van der Waals surface area contributed by atoms with Gasteiger partial charge in [0.1, 0.15) is 23.7 Å². The first-order valence-electron chi connectivity index (χ1n) is 8.42. The smallest absolute Gasteiger partial charge is 0.343 e. The maximum absolute atomic E-state index is 12.5. The van der Waals surface area contributed by atoms with Crippen LogP contribution in [0.1, 0.15) is 52.3 Å². The van der Waals surface area contributed by atoms with Crippen molar-refractivity contribution in [3.8, 4) is 5.75 Å². The van der Waals surface area contributed by atoms with E-state index in [-0.39, 0.29) is 17.9 Å². The topological polar surface area (TPSA) is 83.6 Å². The van der Waals surface area contributed by atoms with Gasteiger partial charge >= 0.3 is 5.97 Å². The summed E-state index contributed by atoms with van der Waals surface area (Å²) in [6.45, 7) is 4.41. The van der Waals surface area contributed by atoms with Crippen LogP contribution in [-0.4, -0.2) is 22.8 Å². The molecule has 0 N–H and O–H groups in total. The van der Waals surface area contributed by atoms with Crippen molar-refractivity contribution in [2.75, 3.05) is 7.11 Å². The van der Waals surface area contributed by atoms with Gasteiger partial charge in [0.05, 0.1) is 18.4 Å². The van der Waals surface area contributed by atoms with Gasteiger partial charge in [-0.1, -0.05) is 11.6 Å². The summed E-state index contributed by atoms with van der Waals surface area (Å²) < 4.78 is 17.6. The van der Waals surface area contributed by atoms with Crippen molar-refractivity contribution < 1.29 is 18.8 Å². The van der Waals surface area contributed by atoms with E-state index < -0.39 is 5.97 Å². The van der Waals surface area contributed by atoms with Crippen LogP contribution < -0.4 is 10.3 Å². The molecule has 0 fully saturated rings. The minimum Gasteiger partial charge on any atom is -0.488 e. The Hall–Kier alpha value is -2.57. The molecule has 0 saturated heterocycles. The summed E-state index contributed by atoms with van der Waals surface area (Å²) in [7, 11) is 1.33. The van der Waals surface area contributed by atoms with E-state index in [0.717, 1.165) is 30.5 Å². The lowest BCUT2D eigenvalue weighted by molar-refractivity contribution is 0.0592. The number of carbonyl (C=O) groups is 1. The van der Waals surface area contributed by atoms with Gasteiger partial charge in [0.15, 0.2) is 0 Å². The Morgan fingerprint density at radius 1 is 1.32 bits per heavy atom. The van der Waals surface area contributed by atoms with Gasteiger partial charge in [-0.15, -0.1) is 0 Å². The Kier molecular flexibility index (Phi) is 4.92. The lowest BCUT2D eigenvalue weighted by Gasteiger charge is -2.17. The Morgan fingerprint density at radius 2 is 2.12 bits per heavy atom. The Bertz CT molecular complexity index is 830. The molecule has 0 bridgehead atoms. The summed E-state index contributed by atoms with van der Waals surface area (Å²) in [4.78, 5) is 24.9. The Labute approximate surface area is 145 Å². The lowest BCUT2D eigenvalue weighted by Crippen LogP contribution is -2.26. The minimum absolute atomic E-state index is 0.154. The number of fused-ring (bicyclic) bond motifs is 1.